The maximum Gasteiger partial charge on any atom is 0.124 e. The molecule has 0 heterocycles. The summed E-state index contributed by atoms with van der Waals surface area (Å²) in [6.07, 6.45) is 0. The van der Waals surface area contributed by atoms with Crippen LogP contribution in [0.25, 0.3) is 0 Å². The van der Waals surface area contributed by atoms with Gasteiger partial charge in [0.15, 0.2) is 0 Å². The first-order valence-electron chi connectivity index (χ1n) is 8.54. The second-order valence-electron chi connectivity index (χ2n) is 5.94. The molecule has 0 aliphatic carbocycles. The van der Waals surface area contributed by atoms with Crippen molar-refractivity contribution in [3.63, 3.8) is 0 Å². The monoisotopic (exact) mass is 403 g/mol. The van der Waals surface area contributed by atoms with E-state index in [1.165, 1.54) is 0 Å². The van der Waals surface area contributed by atoms with Gasteiger partial charge in [-0.15, -0.1) is 12.4 Å². The van der Waals surface area contributed by atoms with E-state index < -0.39 is 0 Å². The van der Waals surface area contributed by atoms with Crippen LogP contribution in [0.5, 0.6) is 11.5 Å². The Balaban J connectivity index is 0.00000261. The summed E-state index contributed by atoms with van der Waals surface area (Å²) >= 11 is 6.17. The second kappa shape index (κ2) is 10.8. The van der Waals surface area contributed by atoms with E-state index in [4.69, 9.17) is 21.1 Å². The van der Waals surface area contributed by atoms with E-state index in [0.29, 0.717) is 24.7 Å². The Hall–Kier alpha value is -2.20. The van der Waals surface area contributed by atoms with Crippen LogP contribution in [0.4, 0.5) is 0 Å². The summed E-state index contributed by atoms with van der Waals surface area (Å²) in [5, 5.41) is 4.14. The van der Waals surface area contributed by atoms with Gasteiger partial charge in [-0.3, -0.25) is 0 Å². The number of benzene rings is 3. The van der Waals surface area contributed by atoms with E-state index in [-0.39, 0.29) is 12.4 Å². The smallest absolute Gasteiger partial charge is 0.124 e. The maximum absolute atomic E-state index is 6.17. The van der Waals surface area contributed by atoms with E-state index in [1.54, 1.807) is 7.11 Å². The van der Waals surface area contributed by atoms with Crippen LogP contribution in [0.1, 0.15) is 16.7 Å². The van der Waals surface area contributed by atoms with Gasteiger partial charge in [-0.1, -0.05) is 60.1 Å². The van der Waals surface area contributed by atoms with Crippen LogP contribution in [0.15, 0.2) is 72.8 Å². The van der Waals surface area contributed by atoms with Gasteiger partial charge in [0.2, 0.25) is 0 Å². The molecule has 1 N–H and O–H groups in total. The zero-order valence-electron chi connectivity index (χ0n) is 15.2. The molecular formula is C22H23Cl2NO2. The number of hydrogen-bond acceptors (Lipinski definition) is 3. The first kappa shape index (κ1) is 21.1. The SMILES string of the molecule is COc1ccccc1CNCc1cc(Cl)ccc1OCc1ccccc1.Cl. The van der Waals surface area contributed by atoms with Crippen LogP contribution in [-0.4, -0.2) is 7.11 Å². The zero-order chi connectivity index (χ0) is 18.2. The number of para-hydroxylation sites is 1. The molecule has 0 amide bonds. The molecule has 0 atom stereocenters. The third-order valence-corrected chi connectivity index (χ3v) is 4.32. The van der Waals surface area contributed by atoms with Gasteiger partial charge >= 0.3 is 0 Å². The summed E-state index contributed by atoms with van der Waals surface area (Å²) in [7, 11) is 1.69. The Bertz CT molecular complexity index is 841. The third kappa shape index (κ3) is 6.17. The molecule has 0 aromatic heterocycles. The molecule has 5 heteroatoms. The standard InChI is InChI=1S/C22H22ClNO2.ClH/c1-25-21-10-6-5-9-18(21)14-24-15-19-13-20(23)11-12-22(19)26-16-17-7-3-2-4-8-17;/h2-13,24H,14-16H2,1H3;1H. The van der Waals surface area contributed by atoms with Crippen molar-refractivity contribution in [2.24, 2.45) is 0 Å². The molecule has 3 aromatic rings. The van der Waals surface area contributed by atoms with E-state index in [1.807, 2.05) is 54.6 Å². The van der Waals surface area contributed by atoms with Crippen molar-refractivity contribution < 1.29 is 9.47 Å². The van der Waals surface area contributed by atoms with E-state index in [2.05, 4.69) is 23.5 Å². The summed E-state index contributed by atoms with van der Waals surface area (Å²) in [6.45, 7) is 1.89. The molecule has 0 unspecified atom stereocenters. The molecule has 3 rings (SSSR count). The second-order valence-corrected chi connectivity index (χ2v) is 6.38. The predicted octanol–water partition coefficient (Wildman–Crippen LogP) is 5.64. The van der Waals surface area contributed by atoms with Crippen molar-refractivity contribution in [1.82, 2.24) is 5.32 Å². The van der Waals surface area contributed by atoms with E-state index in [0.717, 1.165) is 28.2 Å². The number of hydrogen-bond donors (Lipinski definition) is 1. The minimum atomic E-state index is 0. The maximum atomic E-state index is 6.17. The summed E-state index contributed by atoms with van der Waals surface area (Å²) < 4.78 is 11.4. The summed E-state index contributed by atoms with van der Waals surface area (Å²) in [6, 6.07) is 23.8. The van der Waals surface area contributed by atoms with Gasteiger partial charge in [-0.2, -0.15) is 0 Å². The fraction of sp³-hybridized carbons (Fsp3) is 0.182. The van der Waals surface area contributed by atoms with Crippen LogP contribution in [0.2, 0.25) is 5.02 Å². The third-order valence-electron chi connectivity index (χ3n) is 4.08. The summed E-state index contributed by atoms with van der Waals surface area (Å²) in [5.41, 5.74) is 3.28. The Labute approximate surface area is 171 Å². The lowest BCUT2D eigenvalue weighted by atomic mass is 10.1. The fourth-order valence-electron chi connectivity index (χ4n) is 2.74. The van der Waals surface area contributed by atoms with Crippen LogP contribution < -0.4 is 14.8 Å². The highest BCUT2D eigenvalue weighted by atomic mass is 35.5. The molecule has 0 spiro atoms. The average molecular weight is 404 g/mol. The molecule has 3 aromatic carbocycles. The Morgan fingerprint density at radius 2 is 1.52 bits per heavy atom. The minimum Gasteiger partial charge on any atom is -0.496 e. The van der Waals surface area contributed by atoms with Crippen LogP contribution >= 0.6 is 24.0 Å². The largest absolute Gasteiger partial charge is 0.496 e. The molecule has 0 aliphatic heterocycles. The summed E-state index contributed by atoms with van der Waals surface area (Å²) in [5.74, 6) is 1.72. The molecule has 27 heavy (non-hydrogen) atoms. The number of rotatable bonds is 8. The van der Waals surface area contributed by atoms with Crippen molar-refractivity contribution in [1.29, 1.82) is 0 Å². The number of nitrogens with one attached hydrogen (secondary N) is 1. The highest BCUT2D eigenvalue weighted by molar-refractivity contribution is 6.30. The number of methoxy groups -OCH3 is 1. The van der Waals surface area contributed by atoms with Crippen molar-refractivity contribution in [3.05, 3.63) is 94.5 Å². The average Bonchev–Trinajstić information content (AvgIpc) is 2.68. The van der Waals surface area contributed by atoms with Crippen molar-refractivity contribution in [2.45, 2.75) is 19.7 Å². The predicted molar refractivity (Wildman–Crippen MR) is 113 cm³/mol. The Morgan fingerprint density at radius 1 is 0.815 bits per heavy atom. The fourth-order valence-corrected chi connectivity index (χ4v) is 2.94. The lowest BCUT2D eigenvalue weighted by Gasteiger charge is -2.14. The van der Waals surface area contributed by atoms with Gasteiger partial charge in [-0.25, -0.2) is 0 Å². The molecule has 0 radical (unpaired) electrons. The zero-order valence-corrected chi connectivity index (χ0v) is 16.7. The van der Waals surface area contributed by atoms with Gasteiger partial charge in [0.1, 0.15) is 18.1 Å². The molecular weight excluding hydrogens is 381 g/mol. The van der Waals surface area contributed by atoms with Crippen LogP contribution in [-0.2, 0) is 19.7 Å². The quantitative estimate of drug-likeness (QED) is 0.527. The highest BCUT2D eigenvalue weighted by Gasteiger charge is 2.07. The van der Waals surface area contributed by atoms with Gasteiger partial charge in [0, 0.05) is 29.2 Å². The molecule has 142 valence electrons. The lowest BCUT2D eigenvalue weighted by Crippen LogP contribution is -2.14. The minimum absolute atomic E-state index is 0. The number of halogens is 2. The number of ether oxygens (including phenoxy) is 2. The normalized spacial score (nSPS) is 10.1. The molecule has 3 nitrogen and oxygen atoms in total. The topological polar surface area (TPSA) is 30.5 Å². The van der Waals surface area contributed by atoms with Crippen molar-refractivity contribution >= 4 is 24.0 Å². The van der Waals surface area contributed by atoms with Crippen molar-refractivity contribution in [2.75, 3.05) is 7.11 Å². The molecule has 0 saturated carbocycles. The molecule has 0 aliphatic rings. The summed E-state index contributed by atoms with van der Waals surface area (Å²) in [4.78, 5) is 0. The van der Waals surface area contributed by atoms with Gasteiger partial charge < -0.3 is 14.8 Å². The molecule has 0 saturated heterocycles. The van der Waals surface area contributed by atoms with Crippen LogP contribution in [0, 0.1) is 0 Å². The highest BCUT2D eigenvalue weighted by Crippen LogP contribution is 2.24. The van der Waals surface area contributed by atoms with E-state index >= 15 is 0 Å². The van der Waals surface area contributed by atoms with Crippen molar-refractivity contribution in [3.8, 4) is 11.5 Å². The molecule has 0 fully saturated rings. The van der Waals surface area contributed by atoms with Gasteiger partial charge in [0.25, 0.3) is 0 Å². The Kier molecular flexibility index (Phi) is 8.46. The van der Waals surface area contributed by atoms with Gasteiger partial charge in [-0.05, 0) is 29.8 Å². The first-order chi connectivity index (χ1) is 12.8. The van der Waals surface area contributed by atoms with E-state index in [9.17, 15) is 0 Å². The molecule has 0 bridgehead atoms. The first-order valence-corrected chi connectivity index (χ1v) is 8.92. The Morgan fingerprint density at radius 3 is 2.30 bits per heavy atom. The van der Waals surface area contributed by atoms with Gasteiger partial charge in [0.05, 0.1) is 7.11 Å². The van der Waals surface area contributed by atoms with Crippen LogP contribution in [0.3, 0.4) is 0 Å². The lowest BCUT2D eigenvalue weighted by molar-refractivity contribution is 0.302.